The normalized spacial score (nSPS) is 26.6. The molecule has 20 heavy (non-hydrogen) atoms. The van der Waals surface area contributed by atoms with E-state index in [9.17, 15) is 9.46 Å². The Morgan fingerprint density at radius 3 is 2.70 bits per heavy atom. The molecule has 0 saturated carbocycles. The van der Waals surface area contributed by atoms with Crippen LogP contribution in [0.15, 0.2) is 42.5 Å². The predicted octanol–water partition coefficient (Wildman–Crippen LogP) is 3.64. The highest BCUT2D eigenvalue weighted by atomic mass is 31.2. The average Bonchev–Trinajstić information content (AvgIpc) is 2.82. The fourth-order valence-corrected chi connectivity index (χ4v) is 4.02. The van der Waals surface area contributed by atoms with E-state index in [-0.39, 0.29) is 5.92 Å². The first-order valence-corrected chi connectivity index (χ1v) is 8.06. The molecule has 1 unspecified atom stereocenters. The molecule has 0 spiro atoms. The Hall–Kier alpha value is -1.77. The standard InChI is InChI=1S/C15H13O4P/c16-20(17)18-13-6-2-1-5-11(13)12-9-8-10-4-3-7-14(19-20)15(10)12/h1-7,12H,8-9H2,(H,16,17)/t12-/m1/s1. The van der Waals surface area contributed by atoms with E-state index >= 15 is 0 Å². The van der Waals surface area contributed by atoms with E-state index in [1.54, 1.807) is 18.2 Å². The van der Waals surface area contributed by atoms with Crippen LogP contribution in [0.4, 0.5) is 0 Å². The molecular formula is C15H13O4P. The van der Waals surface area contributed by atoms with Crippen LogP contribution in [0.5, 0.6) is 11.5 Å². The largest absolute Gasteiger partial charge is 0.584 e. The molecule has 2 aromatic carbocycles. The van der Waals surface area contributed by atoms with E-state index in [4.69, 9.17) is 9.05 Å². The second kappa shape index (κ2) is 4.11. The lowest BCUT2D eigenvalue weighted by Gasteiger charge is -2.25. The number of fused-ring (bicyclic) bond motifs is 2. The van der Waals surface area contributed by atoms with Gasteiger partial charge in [0.1, 0.15) is 11.5 Å². The van der Waals surface area contributed by atoms with Gasteiger partial charge in [-0.25, -0.2) is 4.57 Å². The molecule has 4 rings (SSSR count). The van der Waals surface area contributed by atoms with Crippen molar-refractivity contribution < 1.29 is 18.5 Å². The Morgan fingerprint density at radius 2 is 1.80 bits per heavy atom. The summed E-state index contributed by atoms with van der Waals surface area (Å²) < 4.78 is 22.6. The minimum atomic E-state index is -4.14. The van der Waals surface area contributed by atoms with Crippen molar-refractivity contribution in [2.75, 3.05) is 0 Å². The van der Waals surface area contributed by atoms with Crippen molar-refractivity contribution in [3.8, 4) is 11.5 Å². The van der Waals surface area contributed by atoms with E-state index in [2.05, 4.69) is 6.07 Å². The molecule has 1 aliphatic carbocycles. The highest BCUT2D eigenvalue weighted by Gasteiger charge is 2.37. The molecule has 0 aromatic heterocycles. The summed E-state index contributed by atoms with van der Waals surface area (Å²) >= 11 is 0. The van der Waals surface area contributed by atoms with Gasteiger partial charge in [-0.1, -0.05) is 30.3 Å². The van der Waals surface area contributed by atoms with Gasteiger partial charge in [0, 0.05) is 17.0 Å². The van der Waals surface area contributed by atoms with Crippen LogP contribution in [0.2, 0.25) is 0 Å². The van der Waals surface area contributed by atoms with Crippen LogP contribution in [-0.2, 0) is 11.0 Å². The number of rotatable bonds is 0. The molecule has 1 aliphatic heterocycles. The summed E-state index contributed by atoms with van der Waals surface area (Å²) in [7, 11) is -4.14. The molecular weight excluding hydrogens is 275 g/mol. The second-order valence-electron chi connectivity index (χ2n) is 5.11. The van der Waals surface area contributed by atoms with Crippen LogP contribution in [0.1, 0.15) is 29.0 Å². The highest BCUT2D eigenvalue weighted by molar-refractivity contribution is 7.48. The fraction of sp³-hybridized carbons (Fsp3) is 0.200. The maximum Gasteiger partial charge on any atom is 0.584 e. The highest BCUT2D eigenvalue weighted by Crippen LogP contribution is 2.55. The monoisotopic (exact) mass is 288 g/mol. The fourth-order valence-electron chi connectivity index (χ4n) is 3.16. The summed E-state index contributed by atoms with van der Waals surface area (Å²) in [6.45, 7) is 0. The molecule has 0 fully saturated rings. The van der Waals surface area contributed by atoms with E-state index in [1.165, 1.54) is 5.56 Å². The third-order valence-corrected chi connectivity index (χ3v) is 4.78. The molecule has 1 heterocycles. The zero-order valence-electron chi connectivity index (χ0n) is 10.7. The van der Waals surface area contributed by atoms with Crippen molar-refractivity contribution in [3.05, 3.63) is 59.2 Å². The maximum atomic E-state index is 12.1. The first-order chi connectivity index (χ1) is 9.64. The van der Waals surface area contributed by atoms with Gasteiger partial charge in [0.25, 0.3) is 0 Å². The van der Waals surface area contributed by atoms with Crippen LogP contribution in [-0.4, -0.2) is 4.89 Å². The molecule has 102 valence electrons. The number of hydrogen-bond donors (Lipinski definition) is 1. The van der Waals surface area contributed by atoms with Crippen molar-refractivity contribution in [1.82, 2.24) is 0 Å². The summed E-state index contributed by atoms with van der Waals surface area (Å²) in [6.07, 6.45) is 1.91. The Morgan fingerprint density at radius 1 is 1.05 bits per heavy atom. The third-order valence-electron chi connectivity index (χ3n) is 3.93. The van der Waals surface area contributed by atoms with Crippen molar-refractivity contribution in [1.29, 1.82) is 0 Å². The maximum absolute atomic E-state index is 12.1. The van der Waals surface area contributed by atoms with Crippen molar-refractivity contribution >= 4 is 7.82 Å². The molecule has 0 bridgehead atoms. The van der Waals surface area contributed by atoms with E-state index in [0.29, 0.717) is 11.5 Å². The Labute approximate surface area is 116 Å². The van der Waals surface area contributed by atoms with Crippen molar-refractivity contribution in [2.24, 2.45) is 0 Å². The molecule has 0 radical (unpaired) electrons. The first kappa shape index (κ1) is 12.0. The van der Waals surface area contributed by atoms with Gasteiger partial charge < -0.3 is 9.05 Å². The summed E-state index contributed by atoms with van der Waals surface area (Å²) in [6, 6.07) is 13.0. The minimum Gasteiger partial charge on any atom is -0.395 e. The molecule has 2 atom stereocenters. The average molecular weight is 288 g/mol. The van der Waals surface area contributed by atoms with Crippen LogP contribution in [0, 0.1) is 0 Å². The Kier molecular flexibility index (Phi) is 2.47. The van der Waals surface area contributed by atoms with Gasteiger partial charge in [-0.15, -0.1) is 0 Å². The Balaban J connectivity index is 2.01. The molecule has 2 aromatic rings. The SMILES string of the molecule is O=P1(O)Oc2ccccc2[C@H]2CCc3cccc(c32)O1. The van der Waals surface area contributed by atoms with Gasteiger partial charge in [0.05, 0.1) is 0 Å². The zero-order valence-corrected chi connectivity index (χ0v) is 11.5. The number of benzene rings is 2. The smallest absolute Gasteiger partial charge is 0.395 e. The molecule has 1 N–H and O–H groups in total. The topological polar surface area (TPSA) is 55.8 Å². The molecule has 2 aliphatic rings. The third kappa shape index (κ3) is 1.76. The summed E-state index contributed by atoms with van der Waals surface area (Å²) in [5, 5.41) is 0. The van der Waals surface area contributed by atoms with Crippen molar-refractivity contribution in [3.63, 3.8) is 0 Å². The van der Waals surface area contributed by atoms with Gasteiger partial charge in [-0.3, -0.25) is 4.89 Å². The van der Waals surface area contributed by atoms with Crippen LogP contribution in [0.3, 0.4) is 0 Å². The lowest BCUT2D eigenvalue weighted by Crippen LogP contribution is -2.09. The lowest BCUT2D eigenvalue weighted by atomic mass is 9.91. The lowest BCUT2D eigenvalue weighted by molar-refractivity contribution is 0.285. The molecule has 0 amide bonds. The van der Waals surface area contributed by atoms with Gasteiger partial charge in [-0.05, 0) is 30.5 Å². The summed E-state index contributed by atoms with van der Waals surface area (Å²) in [5.41, 5.74) is 3.16. The quantitative estimate of drug-likeness (QED) is 0.752. The van der Waals surface area contributed by atoms with Gasteiger partial charge >= 0.3 is 7.82 Å². The number of phosphoric acid groups is 1. The zero-order chi connectivity index (χ0) is 13.7. The first-order valence-electron chi connectivity index (χ1n) is 6.57. The predicted molar refractivity (Wildman–Crippen MR) is 74.1 cm³/mol. The van der Waals surface area contributed by atoms with Gasteiger partial charge in [0.2, 0.25) is 0 Å². The van der Waals surface area contributed by atoms with Crippen LogP contribution in [0.25, 0.3) is 0 Å². The molecule has 4 nitrogen and oxygen atoms in total. The summed E-state index contributed by atoms with van der Waals surface area (Å²) in [5.74, 6) is 1.06. The number of para-hydroxylation sites is 1. The van der Waals surface area contributed by atoms with Crippen LogP contribution >= 0.6 is 7.82 Å². The van der Waals surface area contributed by atoms with Crippen LogP contribution < -0.4 is 9.05 Å². The number of phosphoric ester groups is 1. The van der Waals surface area contributed by atoms with Crippen molar-refractivity contribution in [2.45, 2.75) is 18.8 Å². The number of hydrogen-bond acceptors (Lipinski definition) is 3. The minimum absolute atomic E-state index is 0.165. The number of aryl methyl sites for hydroxylation is 1. The van der Waals surface area contributed by atoms with Gasteiger partial charge in [-0.2, -0.15) is 0 Å². The van der Waals surface area contributed by atoms with Gasteiger partial charge in [0.15, 0.2) is 0 Å². The Bertz CT molecular complexity index is 740. The van der Waals surface area contributed by atoms with E-state index < -0.39 is 7.82 Å². The van der Waals surface area contributed by atoms with E-state index in [1.807, 2.05) is 18.2 Å². The molecule has 0 saturated heterocycles. The van der Waals surface area contributed by atoms with E-state index in [0.717, 1.165) is 24.0 Å². The second-order valence-corrected chi connectivity index (χ2v) is 6.41. The molecule has 5 heteroatoms. The summed E-state index contributed by atoms with van der Waals surface area (Å²) in [4.78, 5) is 9.88.